The van der Waals surface area contributed by atoms with Crippen molar-refractivity contribution in [2.75, 3.05) is 31.1 Å². The van der Waals surface area contributed by atoms with Crippen LogP contribution in [0, 0.1) is 0 Å². The summed E-state index contributed by atoms with van der Waals surface area (Å²) < 4.78 is 0. The van der Waals surface area contributed by atoms with E-state index in [0.717, 1.165) is 5.56 Å². The number of hydrogen-bond acceptors (Lipinski definition) is 6. The molecule has 172 valence electrons. The van der Waals surface area contributed by atoms with Gasteiger partial charge in [-0.3, -0.25) is 4.79 Å². The lowest BCUT2D eigenvalue weighted by Gasteiger charge is -2.36. The van der Waals surface area contributed by atoms with Crippen LogP contribution < -0.4 is 10.2 Å². The second-order valence-electron chi connectivity index (χ2n) is 7.60. The van der Waals surface area contributed by atoms with Crippen molar-refractivity contribution in [3.8, 4) is 0 Å². The van der Waals surface area contributed by atoms with Crippen LogP contribution >= 0.6 is 11.6 Å². The number of amides is 4. The van der Waals surface area contributed by atoms with Gasteiger partial charge in [0, 0.05) is 32.6 Å². The first-order valence-electron chi connectivity index (χ1n) is 10.3. The maximum Gasteiger partial charge on any atom is 0.434 e. The minimum absolute atomic E-state index is 0.000351. The largest absolute Gasteiger partial charge is 0.478 e. The smallest absolute Gasteiger partial charge is 0.434 e. The Kier molecular flexibility index (Phi) is 6.36. The Morgan fingerprint density at radius 2 is 1.73 bits per heavy atom. The van der Waals surface area contributed by atoms with E-state index in [2.05, 4.69) is 5.32 Å². The van der Waals surface area contributed by atoms with E-state index in [0.29, 0.717) is 23.8 Å². The molecule has 2 aliphatic rings. The van der Waals surface area contributed by atoms with Crippen LogP contribution in [0.5, 0.6) is 0 Å². The zero-order valence-electron chi connectivity index (χ0n) is 17.4. The topological polar surface area (TPSA) is 119 Å². The van der Waals surface area contributed by atoms with Crippen molar-refractivity contribution in [2.24, 2.45) is 0 Å². The van der Waals surface area contributed by atoms with Crippen LogP contribution in [0.4, 0.5) is 15.3 Å². The van der Waals surface area contributed by atoms with Crippen molar-refractivity contribution in [1.82, 2.24) is 15.3 Å². The maximum atomic E-state index is 12.6. The molecule has 0 aromatic heterocycles. The Bertz CT molecular complexity index is 1090. The van der Waals surface area contributed by atoms with E-state index in [1.165, 1.54) is 11.0 Å². The Hall–Kier alpha value is -3.79. The summed E-state index contributed by atoms with van der Waals surface area (Å²) in [5.74, 6) is -1.75. The van der Waals surface area contributed by atoms with Crippen molar-refractivity contribution < 1.29 is 29.1 Å². The number of hydroxylamine groups is 2. The lowest BCUT2D eigenvalue weighted by molar-refractivity contribution is -0.151. The van der Waals surface area contributed by atoms with Crippen molar-refractivity contribution in [1.29, 1.82) is 0 Å². The summed E-state index contributed by atoms with van der Waals surface area (Å²) in [6.07, 6.45) is -0.530. The molecule has 1 atom stereocenters. The first-order valence-corrected chi connectivity index (χ1v) is 10.6. The molecule has 0 radical (unpaired) electrons. The van der Waals surface area contributed by atoms with E-state index in [1.54, 1.807) is 12.1 Å². The molecule has 2 heterocycles. The molecule has 4 rings (SSSR count). The molecule has 0 spiro atoms. The molecule has 0 bridgehead atoms. The highest BCUT2D eigenvalue weighted by molar-refractivity contribution is 6.36. The van der Waals surface area contributed by atoms with Gasteiger partial charge in [-0.25, -0.2) is 14.4 Å². The standard InChI is InChI=1S/C22H21ClN4O6/c23-18-15(20(29)30)7-4-8-17(18)25-9-11-26(12-10-25)22(32)33-27-19(28)16(24-21(27)31)13-14-5-2-1-3-6-14/h1-8,16H,9-13H2,(H,24,31)(H,29,30). The monoisotopic (exact) mass is 472 g/mol. The van der Waals surface area contributed by atoms with Gasteiger partial charge in [-0.1, -0.05) is 53.1 Å². The zero-order chi connectivity index (χ0) is 23.5. The minimum atomic E-state index is -1.12. The summed E-state index contributed by atoms with van der Waals surface area (Å²) >= 11 is 6.24. The SMILES string of the molecule is O=C(O)c1cccc(N2CCN(C(=O)ON3C(=O)NC(Cc4ccccc4)C3=O)CC2)c1Cl. The molecule has 2 N–H and O–H groups in total. The van der Waals surface area contributed by atoms with Gasteiger partial charge in [0.05, 0.1) is 16.3 Å². The average Bonchev–Trinajstić information content (AvgIpc) is 3.07. The summed E-state index contributed by atoms with van der Waals surface area (Å²) in [7, 11) is 0. The third-order valence-electron chi connectivity index (χ3n) is 5.52. The number of nitrogens with zero attached hydrogens (tertiary/aromatic N) is 3. The number of carboxylic acids is 1. The lowest BCUT2D eigenvalue weighted by atomic mass is 10.1. The maximum absolute atomic E-state index is 12.6. The number of rotatable bonds is 5. The second-order valence-corrected chi connectivity index (χ2v) is 7.98. The third-order valence-corrected chi connectivity index (χ3v) is 5.92. The summed E-state index contributed by atoms with van der Waals surface area (Å²) in [5.41, 5.74) is 1.42. The highest BCUT2D eigenvalue weighted by atomic mass is 35.5. The Morgan fingerprint density at radius 3 is 2.39 bits per heavy atom. The van der Waals surface area contributed by atoms with Crippen molar-refractivity contribution in [3.63, 3.8) is 0 Å². The Labute approximate surface area is 194 Å². The molecule has 4 amide bonds. The predicted octanol–water partition coefficient (Wildman–Crippen LogP) is 2.37. The van der Waals surface area contributed by atoms with E-state index in [1.807, 2.05) is 35.2 Å². The highest BCUT2D eigenvalue weighted by Crippen LogP contribution is 2.30. The molecule has 2 fully saturated rings. The van der Waals surface area contributed by atoms with Gasteiger partial charge in [0.15, 0.2) is 0 Å². The van der Waals surface area contributed by atoms with E-state index >= 15 is 0 Å². The molecule has 33 heavy (non-hydrogen) atoms. The summed E-state index contributed by atoms with van der Waals surface area (Å²) in [6.45, 7) is 1.22. The molecule has 0 aliphatic carbocycles. The number of carboxylic acid groups (broad SMARTS) is 1. The molecule has 2 aliphatic heterocycles. The number of anilines is 1. The third kappa shape index (κ3) is 4.70. The Morgan fingerprint density at radius 1 is 1.03 bits per heavy atom. The average molecular weight is 473 g/mol. The minimum Gasteiger partial charge on any atom is -0.478 e. The van der Waals surface area contributed by atoms with E-state index in [-0.39, 0.29) is 30.1 Å². The second kappa shape index (κ2) is 9.37. The molecular formula is C22H21ClN4O6. The van der Waals surface area contributed by atoms with Crippen molar-refractivity contribution in [2.45, 2.75) is 12.5 Å². The van der Waals surface area contributed by atoms with E-state index in [9.17, 15) is 24.3 Å². The number of nitrogens with one attached hydrogen (secondary N) is 1. The number of imide groups is 1. The molecule has 0 saturated carbocycles. The number of urea groups is 1. The van der Waals surface area contributed by atoms with Gasteiger partial charge in [-0.05, 0) is 17.7 Å². The highest BCUT2D eigenvalue weighted by Gasteiger charge is 2.42. The van der Waals surface area contributed by atoms with Gasteiger partial charge < -0.3 is 25.1 Å². The van der Waals surface area contributed by atoms with E-state index < -0.39 is 30.0 Å². The Balaban J connectivity index is 1.34. The molecule has 11 heteroatoms. The van der Waals surface area contributed by atoms with Crippen molar-refractivity contribution >= 4 is 41.3 Å². The molecule has 1 unspecified atom stereocenters. The van der Waals surface area contributed by atoms with Gasteiger partial charge in [0.25, 0.3) is 5.91 Å². The lowest BCUT2D eigenvalue weighted by Crippen LogP contribution is -2.50. The number of hydrogen-bond donors (Lipinski definition) is 2. The molecule has 10 nitrogen and oxygen atoms in total. The van der Waals surface area contributed by atoms with Crippen LogP contribution in [0.1, 0.15) is 15.9 Å². The zero-order valence-corrected chi connectivity index (χ0v) is 18.2. The molecule has 2 aromatic carbocycles. The number of piperazine rings is 1. The van der Waals surface area contributed by atoms with Crippen LogP contribution in [0.25, 0.3) is 0 Å². The molecular weight excluding hydrogens is 452 g/mol. The summed E-state index contributed by atoms with van der Waals surface area (Å²) in [4.78, 5) is 57.0. The number of carbonyl (C=O) groups is 4. The number of halogens is 1. The quantitative estimate of drug-likeness (QED) is 0.641. The summed E-state index contributed by atoms with van der Waals surface area (Å²) in [5, 5.41) is 12.4. The van der Waals surface area contributed by atoms with Gasteiger partial charge in [0.1, 0.15) is 6.04 Å². The first-order chi connectivity index (χ1) is 15.8. The fourth-order valence-corrected chi connectivity index (χ4v) is 4.11. The van der Waals surface area contributed by atoms with Crippen LogP contribution in [-0.4, -0.2) is 71.3 Å². The fourth-order valence-electron chi connectivity index (χ4n) is 3.78. The van der Waals surface area contributed by atoms with Gasteiger partial charge in [0.2, 0.25) is 0 Å². The van der Waals surface area contributed by atoms with Crippen LogP contribution in [0.2, 0.25) is 5.02 Å². The summed E-state index contributed by atoms with van der Waals surface area (Å²) in [6, 6.07) is 12.3. The van der Waals surface area contributed by atoms with Crippen LogP contribution in [0.3, 0.4) is 0 Å². The van der Waals surface area contributed by atoms with Crippen LogP contribution in [-0.2, 0) is 16.1 Å². The van der Waals surface area contributed by atoms with Gasteiger partial charge in [-0.15, -0.1) is 0 Å². The van der Waals surface area contributed by atoms with Gasteiger partial charge >= 0.3 is 18.1 Å². The number of benzene rings is 2. The normalized spacial score (nSPS) is 18.3. The fraction of sp³-hybridized carbons (Fsp3) is 0.273. The first kappa shape index (κ1) is 22.4. The molecule has 2 saturated heterocycles. The van der Waals surface area contributed by atoms with Crippen LogP contribution in [0.15, 0.2) is 48.5 Å². The molecule has 2 aromatic rings. The van der Waals surface area contributed by atoms with E-state index in [4.69, 9.17) is 16.4 Å². The number of carbonyl (C=O) groups excluding carboxylic acids is 3. The van der Waals surface area contributed by atoms with Gasteiger partial charge in [-0.2, -0.15) is 0 Å². The van der Waals surface area contributed by atoms with Crippen molar-refractivity contribution in [3.05, 3.63) is 64.7 Å². The number of aromatic carboxylic acids is 1. The predicted molar refractivity (Wildman–Crippen MR) is 118 cm³/mol.